The standard InChI is InChI=1S/C17H15NO5/c1-3-22-13(19)8-10-9-14(20)23-16-11-6-4-5-7-12(11)18(2)17(21)15(10)16/h4-7,9H,3,8H2,1-2H3. The van der Waals surface area contributed by atoms with Crippen LogP contribution in [0, 0.1) is 0 Å². The summed E-state index contributed by atoms with van der Waals surface area (Å²) >= 11 is 0. The summed E-state index contributed by atoms with van der Waals surface area (Å²) in [5, 5.41) is 0.881. The molecule has 0 spiro atoms. The summed E-state index contributed by atoms with van der Waals surface area (Å²) in [6, 6.07) is 8.32. The van der Waals surface area contributed by atoms with Gasteiger partial charge in [-0.05, 0) is 24.6 Å². The molecule has 1 aromatic carbocycles. The van der Waals surface area contributed by atoms with Gasteiger partial charge in [0.05, 0.1) is 23.9 Å². The maximum Gasteiger partial charge on any atom is 0.336 e. The molecule has 6 nitrogen and oxygen atoms in total. The van der Waals surface area contributed by atoms with E-state index in [0.29, 0.717) is 16.5 Å². The number of benzene rings is 1. The number of hydrogen-bond donors (Lipinski definition) is 0. The molecule has 0 fully saturated rings. The highest BCUT2D eigenvalue weighted by Gasteiger charge is 2.17. The predicted molar refractivity (Wildman–Crippen MR) is 85.6 cm³/mol. The van der Waals surface area contributed by atoms with Gasteiger partial charge < -0.3 is 13.7 Å². The van der Waals surface area contributed by atoms with E-state index in [1.54, 1.807) is 38.2 Å². The largest absolute Gasteiger partial charge is 0.466 e. The van der Waals surface area contributed by atoms with Crippen molar-refractivity contribution in [2.75, 3.05) is 6.61 Å². The van der Waals surface area contributed by atoms with E-state index < -0.39 is 11.6 Å². The van der Waals surface area contributed by atoms with E-state index in [-0.39, 0.29) is 29.6 Å². The van der Waals surface area contributed by atoms with Gasteiger partial charge >= 0.3 is 11.6 Å². The monoisotopic (exact) mass is 313 g/mol. The SMILES string of the molecule is CCOC(=O)Cc1cc(=O)oc2c1c(=O)n(C)c1ccccc21. The van der Waals surface area contributed by atoms with E-state index in [9.17, 15) is 14.4 Å². The molecule has 0 aliphatic rings. The third kappa shape index (κ3) is 2.52. The van der Waals surface area contributed by atoms with Crippen molar-refractivity contribution >= 4 is 27.8 Å². The number of carbonyl (C=O) groups excluding carboxylic acids is 1. The van der Waals surface area contributed by atoms with Crippen molar-refractivity contribution in [1.82, 2.24) is 4.57 Å². The van der Waals surface area contributed by atoms with Gasteiger partial charge in [0.15, 0.2) is 5.58 Å². The van der Waals surface area contributed by atoms with Gasteiger partial charge in [0.2, 0.25) is 0 Å². The Morgan fingerprint density at radius 3 is 2.74 bits per heavy atom. The number of fused-ring (bicyclic) bond motifs is 3. The van der Waals surface area contributed by atoms with Crippen LogP contribution in [0.1, 0.15) is 12.5 Å². The van der Waals surface area contributed by atoms with Gasteiger partial charge in [0.25, 0.3) is 5.56 Å². The first-order valence-corrected chi connectivity index (χ1v) is 7.23. The van der Waals surface area contributed by atoms with E-state index in [0.717, 1.165) is 0 Å². The molecule has 6 heteroatoms. The minimum atomic E-state index is -0.602. The smallest absolute Gasteiger partial charge is 0.336 e. The Kier molecular flexibility index (Phi) is 3.73. The molecule has 0 bridgehead atoms. The van der Waals surface area contributed by atoms with Crippen molar-refractivity contribution < 1.29 is 13.9 Å². The number of nitrogens with zero attached hydrogens (tertiary/aromatic N) is 1. The summed E-state index contributed by atoms with van der Waals surface area (Å²) in [5.41, 5.74) is 0.259. The summed E-state index contributed by atoms with van der Waals surface area (Å²) in [4.78, 5) is 36.3. The summed E-state index contributed by atoms with van der Waals surface area (Å²) < 4.78 is 11.7. The van der Waals surface area contributed by atoms with Gasteiger partial charge in [0, 0.05) is 18.5 Å². The highest BCUT2D eigenvalue weighted by molar-refractivity contribution is 6.03. The molecule has 3 rings (SSSR count). The molecule has 2 heterocycles. The van der Waals surface area contributed by atoms with Crippen molar-refractivity contribution in [2.45, 2.75) is 13.3 Å². The zero-order valence-electron chi connectivity index (χ0n) is 12.8. The number of ether oxygens (including phenoxy) is 1. The molecule has 0 unspecified atom stereocenters. The van der Waals surface area contributed by atoms with E-state index in [1.165, 1.54) is 10.6 Å². The lowest BCUT2D eigenvalue weighted by Gasteiger charge is -2.10. The second kappa shape index (κ2) is 5.72. The van der Waals surface area contributed by atoms with Crippen LogP contribution in [0.15, 0.2) is 44.3 Å². The lowest BCUT2D eigenvalue weighted by Crippen LogP contribution is -2.21. The Bertz CT molecular complexity index is 1030. The van der Waals surface area contributed by atoms with Crippen LogP contribution in [-0.4, -0.2) is 17.1 Å². The molecule has 2 aromatic heterocycles. The van der Waals surface area contributed by atoms with Crippen molar-refractivity contribution in [2.24, 2.45) is 7.05 Å². The highest BCUT2D eigenvalue weighted by Crippen LogP contribution is 2.23. The molecule has 23 heavy (non-hydrogen) atoms. The zero-order chi connectivity index (χ0) is 16.6. The normalized spacial score (nSPS) is 11.0. The fourth-order valence-electron chi connectivity index (χ4n) is 2.71. The maximum absolute atomic E-state index is 12.7. The van der Waals surface area contributed by atoms with Crippen LogP contribution < -0.4 is 11.2 Å². The van der Waals surface area contributed by atoms with Gasteiger partial charge in [0.1, 0.15) is 0 Å². The van der Waals surface area contributed by atoms with Crippen LogP contribution in [0.3, 0.4) is 0 Å². The first-order valence-electron chi connectivity index (χ1n) is 7.23. The van der Waals surface area contributed by atoms with Crippen molar-refractivity contribution in [3.8, 4) is 0 Å². The molecule has 0 radical (unpaired) electrons. The number of para-hydroxylation sites is 1. The Morgan fingerprint density at radius 2 is 2.00 bits per heavy atom. The molecule has 0 N–H and O–H groups in total. The maximum atomic E-state index is 12.7. The molecule has 0 saturated carbocycles. The van der Waals surface area contributed by atoms with E-state index >= 15 is 0 Å². The van der Waals surface area contributed by atoms with Gasteiger partial charge in [-0.3, -0.25) is 9.59 Å². The average molecular weight is 313 g/mol. The first-order chi connectivity index (χ1) is 11.0. The number of esters is 1. The molecule has 0 atom stereocenters. The number of aryl methyl sites for hydroxylation is 1. The number of rotatable bonds is 3. The third-order valence-corrected chi connectivity index (χ3v) is 3.71. The Balaban J connectivity index is 2.41. The molecular formula is C17H15NO5. The van der Waals surface area contributed by atoms with Crippen LogP contribution in [-0.2, 0) is 23.0 Å². The molecule has 118 valence electrons. The number of aromatic nitrogens is 1. The van der Waals surface area contributed by atoms with E-state index in [2.05, 4.69) is 0 Å². The minimum Gasteiger partial charge on any atom is -0.466 e. The second-order valence-corrected chi connectivity index (χ2v) is 5.16. The summed E-state index contributed by atoms with van der Waals surface area (Å²) in [7, 11) is 1.64. The van der Waals surface area contributed by atoms with Crippen molar-refractivity contribution in [1.29, 1.82) is 0 Å². The highest BCUT2D eigenvalue weighted by atomic mass is 16.5. The second-order valence-electron chi connectivity index (χ2n) is 5.16. The number of carbonyl (C=O) groups is 1. The summed E-state index contributed by atoms with van der Waals surface area (Å²) in [6.07, 6.45) is -0.149. The Morgan fingerprint density at radius 1 is 1.26 bits per heavy atom. The minimum absolute atomic E-state index is 0.149. The van der Waals surface area contributed by atoms with Crippen LogP contribution in [0.4, 0.5) is 0 Å². The van der Waals surface area contributed by atoms with E-state index in [4.69, 9.17) is 9.15 Å². The third-order valence-electron chi connectivity index (χ3n) is 3.71. The Hall–Kier alpha value is -2.89. The predicted octanol–water partition coefficient (Wildman–Crippen LogP) is 1.75. The fourth-order valence-corrected chi connectivity index (χ4v) is 2.71. The molecule has 3 aromatic rings. The summed E-state index contributed by atoms with van der Waals surface area (Å²) in [6.45, 7) is 1.93. The van der Waals surface area contributed by atoms with Crippen LogP contribution in [0.5, 0.6) is 0 Å². The van der Waals surface area contributed by atoms with Crippen molar-refractivity contribution in [3.05, 3.63) is 56.7 Å². The van der Waals surface area contributed by atoms with Gasteiger partial charge in [-0.2, -0.15) is 0 Å². The molecule has 0 aliphatic carbocycles. The van der Waals surface area contributed by atoms with Crippen molar-refractivity contribution in [3.63, 3.8) is 0 Å². The summed E-state index contributed by atoms with van der Waals surface area (Å²) in [5.74, 6) is -0.491. The quantitative estimate of drug-likeness (QED) is 0.544. The van der Waals surface area contributed by atoms with Crippen LogP contribution in [0.25, 0.3) is 21.9 Å². The van der Waals surface area contributed by atoms with Gasteiger partial charge in [-0.1, -0.05) is 12.1 Å². The molecule has 0 aliphatic heterocycles. The Labute approximate surface area is 130 Å². The number of pyridine rings is 1. The topological polar surface area (TPSA) is 78.5 Å². The average Bonchev–Trinajstić information content (AvgIpc) is 2.52. The molecule has 0 saturated heterocycles. The number of hydrogen-bond acceptors (Lipinski definition) is 5. The lowest BCUT2D eigenvalue weighted by atomic mass is 10.1. The zero-order valence-corrected chi connectivity index (χ0v) is 12.8. The molecular weight excluding hydrogens is 298 g/mol. The molecule has 0 amide bonds. The first kappa shape index (κ1) is 15.0. The lowest BCUT2D eigenvalue weighted by molar-refractivity contribution is -0.142. The van der Waals surface area contributed by atoms with Crippen LogP contribution in [0.2, 0.25) is 0 Å². The van der Waals surface area contributed by atoms with E-state index in [1.807, 2.05) is 0 Å². The van der Waals surface area contributed by atoms with Gasteiger partial charge in [-0.15, -0.1) is 0 Å². The van der Waals surface area contributed by atoms with Crippen LogP contribution >= 0.6 is 0 Å². The fraction of sp³-hybridized carbons (Fsp3) is 0.235. The van der Waals surface area contributed by atoms with Gasteiger partial charge in [-0.25, -0.2) is 4.79 Å².